The molecule has 1 N–H and O–H groups in total. The lowest BCUT2D eigenvalue weighted by Gasteiger charge is -2.35. The van der Waals surface area contributed by atoms with Gasteiger partial charge >= 0.3 is 0 Å². The molecule has 2 rings (SSSR count). The van der Waals surface area contributed by atoms with Gasteiger partial charge in [0.2, 0.25) is 0 Å². The molecule has 2 aliphatic rings. The van der Waals surface area contributed by atoms with Crippen LogP contribution >= 0.6 is 11.8 Å². The Kier molecular flexibility index (Phi) is 2.94. The van der Waals surface area contributed by atoms with Gasteiger partial charge in [0.05, 0.1) is 0 Å². The molecule has 0 unspecified atom stereocenters. The minimum absolute atomic E-state index is 0.196. The van der Waals surface area contributed by atoms with Crippen molar-refractivity contribution < 1.29 is 4.74 Å². The maximum Gasteiger partial charge on any atom is 0.116 e. The van der Waals surface area contributed by atoms with Crippen LogP contribution in [0, 0.1) is 0 Å². The molecule has 0 saturated carbocycles. The molecule has 0 bridgehead atoms. The van der Waals surface area contributed by atoms with Crippen molar-refractivity contribution in [3.63, 3.8) is 0 Å². The van der Waals surface area contributed by atoms with E-state index in [1.807, 2.05) is 11.8 Å². The molecule has 2 nitrogen and oxygen atoms in total. The molecule has 12 heavy (non-hydrogen) atoms. The van der Waals surface area contributed by atoms with Crippen LogP contribution in [-0.4, -0.2) is 30.4 Å². The Morgan fingerprint density at radius 2 is 2.00 bits per heavy atom. The van der Waals surface area contributed by atoms with Gasteiger partial charge in [-0.05, 0) is 44.5 Å². The van der Waals surface area contributed by atoms with Crippen LogP contribution in [0.1, 0.15) is 25.7 Å². The van der Waals surface area contributed by atoms with Crippen molar-refractivity contribution in [1.82, 2.24) is 5.32 Å². The summed E-state index contributed by atoms with van der Waals surface area (Å²) in [4.78, 5) is 0.196. The zero-order valence-corrected chi connectivity index (χ0v) is 8.29. The molecular formula is C9H17NOS. The van der Waals surface area contributed by atoms with Crippen molar-refractivity contribution in [2.45, 2.75) is 30.6 Å². The van der Waals surface area contributed by atoms with Crippen LogP contribution in [-0.2, 0) is 4.74 Å². The summed E-state index contributed by atoms with van der Waals surface area (Å²) in [6.45, 7) is 3.24. The van der Waals surface area contributed by atoms with Gasteiger partial charge in [-0.15, -0.1) is 11.8 Å². The van der Waals surface area contributed by atoms with Crippen molar-refractivity contribution in [3.8, 4) is 0 Å². The van der Waals surface area contributed by atoms with Gasteiger partial charge in [0, 0.05) is 6.61 Å². The monoisotopic (exact) mass is 187 g/mol. The second-order valence-electron chi connectivity index (χ2n) is 3.56. The predicted molar refractivity (Wildman–Crippen MR) is 52.5 cm³/mol. The molecule has 0 radical (unpaired) electrons. The Labute approximate surface area is 78.4 Å². The Hall–Kier alpha value is 0.270. The van der Waals surface area contributed by atoms with Gasteiger partial charge in [-0.3, -0.25) is 0 Å². The Morgan fingerprint density at radius 1 is 1.17 bits per heavy atom. The summed E-state index contributed by atoms with van der Waals surface area (Å²) in [6, 6.07) is 0. The zero-order chi connectivity index (χ0) is 8.28. The van der Waals surface area contributed by atoms with E-state index in [4.69, 9.17) is 4.74 Å². The van der Waals surface area contributed by atoms with Crippen molar-refractivity contribution in [2.24, 2.45) is 0 Å². The average Bonchev–Trinajstić information content (AvgIpc) is 2.33. The molecule has 0 aromatic rings. The van der Waals surface area contributed by atoms with Crippen molar-refractivity contribution in [3.05, 3.63) is 0 Å². The number of hydrogen-bond donors (Lipinski definition) is 1. The van der Waals surface area contributed by atoms with Gasteiger partial charge in [-0.1, -0.05) is 0 Å². The predicted octanol–water partition coefficient (Wildman–Crippen LogP) is 1.61. The first-order chi connectivity index (χ1) is 5.91. The molecule has 0 aromatic heterocycles. The molecule has 2 saturated heterocycles. The molecule has 70 valence electrons. The minimum Gasteiger partial charge on any atom is -0.364 e. The smallest absolute Gasteiger partial charge is 0.116 e. The van der Waals surface area contributed by atoms with Crippen LogP contribution < -0.4 is 5.32 Å². The Morgan fingerprint density at radius 3 is 2.83 bits per heavy atom. The SMILES string of the molecule is C1CCSC2(CCNCC2)OC1. The standard InChI is InChI=1S/C9H17NOS/c1-2-8-12-9(11-7-1)3-5-10-6-4-9/h10H,1-8H2. The van der Waals surface area contributed by atoms with E-state index in [2.05, 4.69) is 5.32 Å². The van der Waals surface area contributed by atoms with Crippen LogP contribution in [0.5, 0.6) is 0 Å². The molecule has 0 amide bonds. The summed E-state index contributed by atoms with van der Waals surface area (Å²) < 4.78 is 5.95. The first-order valence-corrected chi connectivity index (χ1v) is 5.89. The van der Waals surface area contributed by atoms with Crippen LogP contribution in [0.3, 0.4) is 0 Å². The Balaban J connectivity index is 1.95. The molecule has 0 atom stereocenters. The maximum absolute atomic E-state index is 5.95. The van der Waals surface area contributed by atoms with Gasteiger partial charge in [0.1, 0.15) is 4.93 Å². The highest BCUT2D eigenvalue weighted by Crippen LogP contribution is 2.37. The van der Waals surface area contributed by atoms with Crippen LogP contribution in [0.25, 0.3) is 0 Å². The zero-order valence-electron chi connectivity index (χ0n) is 7.47. The molecule has 2 heterocycles. The fraction of sp³-hybridized carbons (Fsp3) is 1.00. The van der Waals surface area contributed by atoms with Crippen LogP contribution in [0.15, 0.2) is 0 Å². The average molecular weight is 187 g/mol. The normalized spacial score (nSPS) is 30.0. The molecular weight excluding hydrogens is 170 g/mol. The lowest BCUT2D eigenvalue weighted by molar-refractivity contribution is 0.00718. The summed E-state index contributed by atoms with van der Waals surface area (Å²) in [5.74, 6) is 1.29. The number of hydrogen-bond acceptors (Lipinski definition) is 3. The molecule has 1 spiro atoms. The van der Waals surface area contributed by atoms with Gasteiger partial charge in [-0.25, -0.2) is 0 Å². The largest absolute Gasteiger partial charge is 0.364 e. The second-order valence-corrected chi connectivity index (χ2v) is 5.01. The first kappa shape index (κ1) is 8.85. The third kappa shape index (κ3) is 1.95. The van der Waals surface area contributed by atoms with E-state index >= 15 is 0 Å². The number of thioether (sulfide) groups is 1. The van der Waals surface area contributed by atoms with Crippen LogP contribution in [0.2, 0.25) is 0 Å². The van der Waals surface area contributed by atoms with E-state index < -0.39 is 0 Å². The van der Waals surface area contributed by atoms with Crippen molar-refractivity contribution in [2.75, 3.05) is 25.4 Å². The van der Waals surface area contributed by atoms with Gasteiger partial charge in [0.15, 0.2) is 0 Å². The molecule has 2 fully saturated rings. The summed E-state index contributed by atoms with van der Waals surface area (Å²) in [5.41, 5.74) is 0. The van der Waals surface area contributed by atoms with E-state index in [9.17, 15) is 0 Å². The van der Waals surface area contributed by atoms with Crippen molar-refractivity contribution >= 4 is 11.8 Å². The van der Waals surface area contributed by atoms with Gasteiger partial charge in [-0.2, -0.15) is 0 Å². The lowest BCUT2D eigenvalue weighted by Crippen LogP contribution is -2.41. The molecule has 0 aromatic carbocycles. The number of nitrogens with one attached hydrogen (secondary N) is 1. The molecule has 0 aliphatic carbocycles. The molecule has 2 aliphatic heterocycles. The summed E-state index contributed by atoms with van der Waals surface area (Å²) in [7, 11) is 0. The summed E-state index contributed by atoms with van der Waals surface area (Å²) >= 11 is 2.05. The van der Waals surface area contributed by atoms with E-state index in [1.165, 1.54) is 31.4 Å². The third-order valence-corrected chi connectivity index (χ3v) is 4.18. The second kappa shape index (κ2) is 3.99. The summed E-state index contributed by atoms with van der Waals surface area (Å²) in [5, 5.41) is 3.38. The summed E-state index contributed by atoms with van der Waals surface area (Å²) in [6.07, 6.45) is 4.97. The van der Waals surface area contributed by atoms with Crippen molar-refractivity contribution in [1.29, 1.82) is 0 Å². The van der Waals surface area contributed by atoms with Crippen LogP contribution in [0.4, 0.5) is 0 Å². The Bertz CT molecular complexity index is 135. The fourth-order valence-corrected chi connectivity index (χ4v) is 3.24. The minimum atomic E-state index is 0.196. The van der Waals surface area contributed by atoms with Gasteiger partial charge in [0.25, 0.3) is 0 Å². The lowest BCUT2D eigenvalue weighted by atomic mass is 10.1. The van der Waals surface area contributed by atoms with E-state index in [1.54, 1.807) is 0 Å². The van der Waals surface area contributed by atoms with E-state index in [0.29, 0.717) is 0 Å². The highest BCUT2D eigenvalue weighted by atomic mass is 32.2. The number of rotatable bonds is 0. The fourth-order valence-electron chi connectivity index (χ4n) is 1.86. The number of piperidine rings is 1. The molecule has 3 heteroatoms. The van der Waals surface area contributed by atoms with E-state index in [0.717, 1.165) is 19.7 Å². The van der Waals surface area contributed by atoms with E-state index in [-0.39, 0.29) is 4.93 Å². The first-order valence-electron chi connectivity index (χ1n) is 4.90. The number of ether oxygens (including phenoxy) is 1. The third-order valence-electron chi connectivity index (χ3n) is 2.63. The highest BCUT2D eigenvalue weighted by Gasteiger charge is 2.34. The quantitative estimate of drug-likeness (QED) is 0.622. The highest BCUT2D eigenvalue weighted by molar-refractivity contribution is 8.00. The van der Waals surface area contributed by atoms with Gasteiger partial charge < -0.3 is 10.1 Å². The maximum atomic E-state index is 5.95. The topological polar surface area (TPSA) is 21.3 Å².